The van der Waals surface area contributed by atoms with E-state index >= 15 is 0 Å². The third-order valence-electron chi connectivity index (χ3n) is 1.92. The van der Waals surface area contributed by atoms with Crippen molar-refractivity contribution in [2.24, 2.45) is 5.73 Å². The van der Waals surface area contributed by atoms with Crippen LogP contribution in [-0.4, -0.2) is 16.5 Å². The van der Waals surface area contributed by atoms with Crippen LogP contribution >= 0.6 is 0 Å². The number of aromatic nitrogens is 2. The summed E-state index contributed by atoms with van der Waals surface area (Å²) in [4.78, 5) is 8.64. The maximum Gasteiger partial charge on any atom is 0.128 e. The zero-order valence-corrected chi connectivity index (χ0v) is 8.33. The molecule has 0 saturated carbocycles. The van der Waals surface area contributed by atoms with E-state index in [1.54, 1.807) is 0 Å². The number of aryl methyl sites for hydroxylation is 1. The lowest BCUT2D eigenvalue weighted by Gasteiger charge is -2.05. The van der Waals surface area contributed by atoms with Crippen LogP contribution in [-0.2, 0) is 6.42 Å². The molecule has 0 aliphatic carbocycles. The van der Waals surface area contributed by atoms with Crippen LogP contribution in [0.25, 0.3) is 0 Å². The molecule has 0 saturated heterocycles. The SMILES string of the molecule is CC(C)c1ccnc(CCCN)n1. The maximum absolute atomic E-state index is 5.42. The van der Waals surface area contributed by atoms with E-state index in [1.807, 2.05) is 12.3 Å². The molecule has 0 aliphatic rings. The summed E-state index contributed by atoms with van der Waals surface area (Å²) in [5.74, 6) is 1.39. The number of hydrogen-bond donors (Lipinski definition) is 1. The molecule has 13 heavy (non-hydrogen) atoms. The molecule has 0 spiro atoms. The van der Waals surface area contributed by atoms with Gasteiger partial charge in [0.1, 0.15) is 5.82 Å². The van der Waals surface area contributed by atoms with Gasteiger partial charge >= 0.3 is 0 Å². The summed E-state index contributed by atoms with van der Waals surface area (Å²) >= 11 is 0. The van der Waals surface area contributed by atoms with Crippen molar-refractivity contribution in [3.05, 3.63) is 23.8 Å². The van der Waals surface area contributed by atoms with Gasteiger partial charge in [0.05, 0.1) is 0 Å². The summed E-state index contributed by atoms with van der Waals surface area (Å²) in [6.07, 6.45) is 3.67. The van der Waals surface area contributed by atoms with Gasteiger partial charge in [-0.15, -0.1) is 0 Å². The molecule has 0 bridgehead atoms. The van der Waals surface area contributed by atoms with Crippen LogP contribution in [0.3, 0.4) is 0 Å². The highest BCUT2D eigenvalue weighted by Gasteiger charge is 2.02. The van der Waals surface area contributed by atoms with Crippen molar-refractivity contribution in [1.29, 1.82) is 0 Å². The summed E-state index contributed by atoms with van der Waals surface area (Å²) in [6, 6.07) is 1.97. The van der Waals surface area contributed by atoms with Gasteiger partial charge in [0.2, 0.25) is 0 Å². The second-order valence-corrected chi connectivity index (χ2v) is 3.44. The van der Waals surface area contributed by atoms with Gasteiger partial charge in [-0.05, 0) is 24.9 Å². The summed E-state index contributed by atoms with van der Waals surface area (Å²) in [5.41, 5.74) is 6.53. The van der Waals surface area contributed by atoms with Crippen molar-refractivity contribution in [2.45, 2.75) is 32.6 Å². The van der Waals surface area contributed by atoms with Crippen molar-refractivity contribution in [1.82, 2.24) is 9.97 Å². The average Bonchev–Trinajstić information content (AvgIpc) is 2.15. The van der Waals surface area contributed by atoms with E-state index in [0.717, 1.165) is 24.4 Å². The van der Waals surface area contributed by atoms with Crippen LogP contribution in [0.1, 0.15) is 37.7 Å². The van der Waals surface area contributed by atoms with E-state index in [-0.39, 0.29) is 0 Å². The average molecular weight is 179 g/mol. The smallest absolute Gasteiger partial charge is 0.128 e. The normalized spacial score (nSPS) is 10.8. The van der Waals surface area contributed by atoms with E-state index in [4.69, 9.17) is 5.73 Å². The number of rotatable bonds is 4. The fraction of sp³-hybridized carbons (Fsp3) is 0.600. The maximum atomic E-state index is 5.42. The third-order valence-corrected chi connectivity index (χ3v) is 1.92. The van der Waals surface area contributed by atoms with E-state index in [2.05, 4.69) is 23.8 Å². The molecular weight excluding hydrogens is 162 g/mol. The molecule has 0 amide bonds. The van der Waals surface area contributed by atoms with E-state index in [0.29, 0.717) is 12.5 Å². The van der Waals surface area contributed by atoms with Gasteiger partial charge in [0.15, 0.2) is 0 Å². The molecule has 0 radical (unpaired) electrons. The summed E-state index contributed by atoms with van der Waals surface area (Å²) in [7, 11) is 0. The molecule has 0 fully saturated rings. The molecule has 1 rings (SSSR count). The molecule has 2 N–H and O–H groups in total. The quantitative estimate of drug-likeness (QED) is 0.762. The lowest BCUT2D eigenvalue weighted by atomic mass is 10.1. The number of nitrogens with zero attached hydrogens (tertiary/aromatic N) is 2. The van der Waals surface area contributed by atoms with Gasteiger partial charge in [-0.1, -0.05) is 13.8 Å². The van der Waals surface area contributed by atoms with Crippen molar-refractivity contribution in [3.8, 4) is 0 Å². The Balaban J connectivity index is 2.68. The zero-order chi connectivity index (χ0) is 9.68. The fourth-order valence-electron chi connectivity index (χ4n) is 1.12. The second kappa shape index (κ2) is 4.92. The largest absolute Gasteiger partial charge is 0.330 e. The molecule has 0 aliphatic heterocycles. The summed E-state index contributed by atoms with van der Waals surface area (Å²) < 4.78 is 0. The van der Waals surface area contributed by atoms with Gasteiger partial charge in [0, 0.05) is 18.3 Å². The standard InChI is InChI=1S/C10H17N3/c1-8(2)9-5-7-12-10(13-9)4-3-6-11/h5,7-8H,3-4,6,11H2,1-2H3. The van der Waals surface area contributed by atoms with Crippen molar-refractivity contribution in [3.63, 3.8) is 0 Å². The Morgan fingerprint density at radius 2 is 2.23 bits per heavy atom. The minimum atomic E-state index is 0.472. The first-order valence-corrected chi connectivity index (χ1v) is 4.76. The molecule has 1 aromatic heterocycles. The van der Waals surface area contributed by atoms with Crippen molar-refractivity contribution < 1.29 is 0 Å². The number of hydrogen-bond acceptors (Lipinski definition) is 3. The Morgan fingerprint density at radius 3 is 2.85 bits per heavy atom. The molecule has 3 nitrogen and oxygen atoms in total. The van der Waals surface area contributed by atoms with Gasteiger partial charge in [-0.2, -0.15) is 0 Å². The number of nitrogens with two attached hydrogens (primary N) is 1. The Hall–Kier alpha value is -0.960. The molecule has 0 unspecified atom stereocenters. The van der Waals surface area contributed by atoms with Gasteiger partial charge in [-0.3, -0.25) is 0 Å². The van der Waals surface area contributed by atoms with Crippen LogP contribution in [0.4, 0.5) is 0 Å². The Morgan fingerprint density at radius 1 is 1.46 bits per heavy atom. The minimum absolute atomic E-state index is 0.472. The Kier molecular flexibility index (Phi) is 3.83. The predicted octanol–water partition coefficient (Wildman–Crippen LogP) is 1.49. The highest BCUT2D eigenvalue weighted by atomic mass is 14.9. The first-order valence-electron chi connectivity index (χ1n) is 4.76. The first kappa shape index (κ1) is 10.1. The van der Waals surface area contributed by atoms with Gasteiger partial charge in [-0.25, -0.2) is 9.97 Å². The van der Waals surface area contributed by atoms with Crippen LogP contribution in [0.15, 0.2) is 12.3 Å². The summed E-state index contributed by atoms with van der Waals surface area (Å²) in [5, 5.41) is 0. The van der Waals surface area contributed by atoms with E-state index in [9.17, 15) is 0 Å². The molecule has 1 aromatic rings. The summed E-state index contributed by atoms with van der Waals surface area (Å²) in [6.45, 7) is 4.97. The monoisotopic (exact) mass is 179 g/mol. The van der Waals surface area contributed by atoms with Crippen LogP contribution < -0.4 is 5.73 Å². The first-order chi connectivity index (χ1) is 6.24. The topological polar surface area (TPSA) is 51.8 Å². The Bertz CT molecular complexity index is 258. The van der Waals surface area contributed by atoms with E-state index < -0.39 is 0 Å². The third kappa shape index (κ3) is 3.11. The van der Waals surface area contributed by atoms with Gasteiger partial charge in [0.25, 0.3) is 0 Å². The molecule has 72 valence electrons. The molecular formula is C10H17N3. The van der Waals surface area contributed by atoms with E-state index in [1.165, 1.54) is 0 Å². The highest BCUT2D eigenvalue weighted by Crippen LogP contribution is 2.10. The fourth-order valence-corrected chi connectivity index (χ4v) is 1.12. The van der Waals surface area contributed by atoms with Crippen LogP contribution in [0, 0.1) is 0 Å². The zero-order valence-electron chi connectivity index (χ0n) is 8.33. The minimum Gasteiger partial charge on any atom is -0.330 e. The molecule has 3 heteroatoms. The Labute approximate surface area is 79.4 Å². The van der Waals surface area contributed by atoms with Crippen LogP contribution in [0.2, 0.25) is 0 Å². The predicted molar refractivity (Wildman–Crippen MR) is 53.5 cm³/mol. The molecule has 1 heterocycles. The lowest BCUT2D eigenvalue weighted by Crippen LogP contribution is -2.05. The lowest BCUT2D eigenvalue weighted by molar-refractivity contribution is 0.742. The van der Waals surface area contributed by atoms with Crippen molar-refractivity contribution >= 4 is 0 Å². The molecule has 0 aromatic carbocycles. The highest BCUT2D eigenvalue weighted by molar-refractivity contribution is 5.06. The molecule has 0 atom stereocenters. The van der Waals surface area contributed by atoms with Crippen molar-refractivity contribution in [2.75, 3.05) is 6.54 Å². The van der Waals surface area contributed by atoms with Crippen LogP contribution in [0.5, 0.6) is 0 Å². The second-order valence-electron chi connectivity index (χ2n) is 3.44. The van der Waals surface area contributed by atoms with Gasteiger partial charge < -0.3 is 5.73 Å².